The minimum absolute atomic E-state index is 0.170. The fourth-order valence-corrected chi connectivity index (χ4v) is 3.85. The first-order valence-corrected chi connectivity index (χ1v) is 7.02. The van der Waals surface area contributed by atoms with Crippen LogP contribution in [-0.4, -0.2) is 48.8 Å². The van der Waals surface area contributed by atoms with Crippen LogP contribution in [0.5, 0.6) is 0 Å². The number of nitrogens with one attached hydrogen (secondary N) is 2. The summed E-state index contributed by atoms with van der Waals surface area (Å²) in [5, 5.41) is 15.4. The van der Waals surface area contributed by atoms with Crippen molar-refractivity contribution in [3.63, 3.8) is 0 Å². The number of aliphatic carboxylic acids is 1. The molecule has 2 aliphatic carbocycles. The van der Waals surface area contributed by atoms with Crippen LogP contribution in [0.25, 0.3) is 0 Å². The quantitative estimate of drug-likeness (QED) is 0.647. The Balaban J connectivity index is 1.64. The summed E-state index contributed by atoms with van der Waals surface area (Å²) >= 11 is 0. The fourth-order valence-electron chi connectivity index (χ4n) is 3.85. The van der Waals surface area contributed by atoms with Crippen LogP contribution in [0.3, 0.4) is 0 Å². The van der Waals surface area contributed by atoms with Crippen molar-refractivity contribution < 1.29 is 19.4 Å². The van der Waals surface area contributed by atoms with Crippen LogP contribution >= 0.6 is 0 Å². The van der Waals surface area contributed by atoms with Gasteiger partial charge in [0.2, 0.25) is 0 Å². The Labute approximate surface area is 111 Å². The lowest BCUT2D eigenvalue weighted by atomic mass is 9.84. The number of carbonyl (C=O) groups is 2. The summed E-state index contributed by atoms with van der Waals surface area (Å²) < 4.78 is 5.40. The highest BCUT2D eigenvalue weighted by Crippen LogP contribution is 2.48. The third-order valence-corrected chi connectivity index (χ3v) is 4.73. The molecule has 1 heterocycles. The molecule has 0 aromatic carbocycles. The van der Waals surface area contributed by atoms with E-state index in [9.17, 15) is 14.7 Å². The number of hydrogen-bond donors (Lipinski definition) is 3. The molecule has 0 radical (unpaired) electrons. The lowest BCUT2D eigenvalue weighted by molar-refractivity contribution is -0.145. The Hall–Kier alpha value is -1.14. The van der Waals surface area contributed by atoms with Crippen LogP contribution in [0.1, 0.15) is 19.3 Å². The zero-order valence-corrected chi connectivity index (χ0v) is 10.8. The van der Waals surface area contributed by atoms with Gasteiger partial charge in [0, 0.05) is 19.1 Å². The molecule has 19 heavy (non-hydrogen) atoms. The number of amides is 1. The molecule has 0 aromatic rings. The van der Waals surface area contributed by atoms with Gasteiger partial charge >= 0.3 is 5.97 Å². The van der Waals surface area contributed by atoms with E-state index in [0.717, 1.165) is 25.8 Å². The average molecular weight is 268 g/mol. The fraction of sp³-hybridized carbons (Fsp3) is 0.846. The molecule has 3 aliphatic rings. The van der Waals surface area contributed by atoms with Crippen molar-refractivity contribution in [3.8, 4) is 0 Å². The van der Waals surface area contributed by atoms with E-state index in [-0.39, 0.29) is 17.9 Å². The molecule has 3 rings (SSSR count). The molecule has 106 valence electrons. The summed E-state index contributed by atoms with van der Waals surface area (Å²) in [6, 6.07) is -0.214. The monoisotopic (exact) mass is 268 g/mol. The van der Waals surface area contributed by atoms with Crippen LogP contribution in [0.15, 0.2) is 0 Å². The van der Waals surface area contributed by atoms with E-state index in [1.165, 1.54) is 0 Å². The third kappa shape index (κ3) is 2.34. The molecule has 6 nitrogen and oxygen atoms in total. The van der Waals surface area contributed by atoms with E-state index in [2.05, 4.69) is 10.6 Å². The molecule has 1 aliphatic heterocycles. The highest BCUT2D eigenvalue weighted by atomic mass is 16.5. The second-order valence-electron chi connectivity index (χ2n) is 5.80. The SMILES string of the molecule is O=C(NC1C2CCC(C2)C1C(=O)O)C1CNCCO1. The zero-order valence-electron chi connectivity index (χ0n) is 10.8. The van der Waals surface area contributed by atoms with E-state index >= 15 is 0 Å². The van der Waals surface area contributed by atoms with Crippen molar-refractivity contribution in [2.45, 2.75) is 31.4 Å². The van der Waals surface area contributed by atoms with E-state index in [0.29, 0.717) is 19.1 Å². The largest absolute Gasteiger partial charge is 0.481 e. The smallest absolute Gasteiger partial charge is 0.308 e. The Kier molecular flexibility index (Phi) is 3.45. The number of carbonyl (C=O) groups excluding carboxylic acids is 1. The topological polar surface area (TPSA) is 87.7 Å². The number of carboxylic acid groups (broad SMARTS) is 1. The Bertz CT molecular complexity index is 381. The molecule has 0 aromatic heterocycles. The summed E-state index contributed by atoms with van der Waals surface area (Å²) in [6.07, 6.45) is 2.46. The summed E-state index contributed by atoms with van der Waals surface area (Å²) in [7, 11) is 0. The summed E-state index contributed by atoms with van der Waals surface area (Å²) in [5.74, 6) is -0.805. The maximum absolute atomic E-state index is 12.1. The highest BCUT2D eigenvalue weighted by molar-refractivity contribution is 5.82. The van der Waals surface area contributed by atoms with Gasteiger partial charge in [-0.2, -0.15) is 0 Å². The lowest BCUT2D eigenvalue weighted by Crippen LogP contribution is -2.54. The Morgan fingerprint density at radius 2 is 2.05 bits per heavy atom. The molecule has 3 fully saturated rings. The van der Waals surface area contributed by atoms with Gasteiger partial charge in [-0.15, -0.1) is 0 Å². The first-order chi connectivity index (χ1) is 9.16. The summed E-state index contributed by atoms with van der Waals surface area (Å²) in [5.41, 5.74) is 0. The predicted molar refractivity (Wildman–Crippen MR) is 66.5 cm³/mol. The molecule has 1 saturated heterocycles. The van der Waals surface area contributed by atoms with Gasteiger partial charge in [-0.1, -0.05) is 0 Å². The van der Waals surface area contributed by atoms with Gasteiger partial charge in [0.05, 0.1) is 12.5 Å². The predicted octanol–water partition coefficient (Wildman–Crippen LogP) is -0.410. The van der Waals surface area contributed by atoms with Crippen LogP contribution < -0.4 is 10.6 Å². The van der Waals surface area contributed by atoms with Crippen LogP contribution in [0, 0.1) is 17.8 Å². The number of fused-ring (bicyclic) bond motifs is 2. The van der Waals surface area contributed by atoms with Gasteiger partial charge < -0.3 is 20.5 Å². The van der Waals surface area contributed by atoms with Gasteiger partial charge in [0.15, 0.2) is 0 Å². The maximum atomic E-state index is 12.1. The zero-order chi connectivity index (χ0) is 13.4. The van der Waals surface area contributed by atoms with E-state index in [4.69, 9.17) is 4.74 Å². The Morgan fingerprint density at radius 1 is 1.26 bits per heavy atom. The molecule has 2 bridgehead atoms. The first kappa shape index (κ1) is 12.9. The standard InChI is InChI=1S/C13H20N2O4/c16-12(9-6-14-3-4-19-9)15-11-8-2-1-7(5-8)10(11)13(17)18/h7-11,14H,1-6H2,(H,15,16)(H,17,18). The van der Waals surface area contributed by atoms with Crippen LogP contribution in [0.2, 0.25) is 0 Å². The number of hydrogen-bond acceptors (Lipinski definition) is 4. The minimum Gasteiger partial charge on any atom is -0.481 e. The van der Waals surface area contributed by atoms with Crippen molar-refractivity contribution in [1.29, 1.82) is 0 Å². The van der Waals surface area contributed by atoms with Gasteiger partial charge in [0.1, 0.15) is 6.10 Å². The highest BCUT2D eigenvalue weighted by Gasteiger charge is 2.51. The van der Waals surface area contributed by atoms with Crippen LogP contribution in [-0.2, 0) is 14.3 Å². The molecule has 5 unspecified atom stereocenters. The second-order valence-corrected chi connectivity index (χ2v) is 5.80. The molecular formula is C13H20N2O4. The van der Waals surface area contributed by atoms with E-state index in [1.807, 2.05) is 0 Å². The molecule has 5 atom stereocenters. The van der Waals surface area contributed by atoms with Crippen molar-refractivity contribution in [3.05, 3.63) is 0 Å². The van der Waals surface area contributed by atoms with Gasteiger partial charge in [-0.05, 0) is 31.1 Å². The van der Waals surface area contributed by atoms with Crippen molar-refractivity contribution in [2.24, 2.45) is 17.8 Å². The van der Waals surface area contributed by atoms with Crippen molar-refractivity contribution >= 4 is 11.9 Å². The maximum Gasteiger partial charge on any atom is 0.308 e. The molecule has 3 N–H and O–H groups in total. The van der Waals surface area contributed by atoms with Gasteiger partial charge in [0.25, 0.3) is 5.91 Å². The molecule has 6 heteroatoms. The Morgan fingerprint density at radius 3 is 2.74 bits per heavy atom. The lowest BCUT2D eigenvalue weighted by Gasteiger charge is -2.31. The van der Waals surface area contributed by atoms with E-state index in [1.54, 1.807) is 0 Å². The third-order valence-electron chi connectivity index (χ3n) is 4.73. The summed E-state index contributed by atoms with van der Waals surface area (Å²) in [4.78, 5) is 23.5. The van der Waals surface area contributed by atoms with E-state index < -0.39 is 18.0 Å². The minimum atomic E-state index is -0.778. The van der Waals surface area contributed by atoms with Crippen molar-refractivity contribution in [1.82, 2.24) is 10.6 Å². The van der Waals surface area contributed by atoms with Crippen molar-refractivity contribution in [2.75, 3.05) is 19.7 Å². The second kappa shape index (κ2) is 5.09. The van der Waals surface area contributed by atoms with Crippen LogP contribution in [0.4, 0.5) is 0 Å². The molecule has 0 spiro atoms. The molecule has 1 amide bonds. The molecule has 2 saturated carbocycles. The average Bonchev–Trinajstić information content (AvgIpc) is 3.00. The summed E-state index contributed by atoms with van der Waals surface area (Å²) in [6.45, 7) is 1.79. The number of morpholine rings is 1. The number of carboxylic acids is 1. The molecular weight excluding hydrogens is 248 g/mol. The number of rotatable bonds is 3. The first-order valence-electron chi connectivity index (χ1n) is 7.02. The van der Waals surface area contributed by atoms with Gasteiger partial charge in [-0.25, -0.2) is 0 Å². The number of ether oxygens (including phenoxy) is 1. The van der Waals surface area contributed by atoms with Gasteiger partial charge in [-0.3, -0.25) is 9.59 Å². The normalized spacial score (nSPS) is 41.2.